The van der Waals surface area contributed by atoms with Crippen LogP contribution in [0.1, 0.15) is 40.7 Å². The molecule has 3 N–H and O–H groups in total. The Bertz CT molecular complexity index is 1190. The number of carbonyl (C=O) groups is 1. The fourth-order valence-corrected chi connectivity index (χ4v) is 5.33. The molecular weight excluding hydrogens is 543 g/mol. The van der Waals surface area contributed by atoms with Crippen LogP contribution < -0.4 is 15.8 Å². The molecule has 0 aromatic heterocycles. The van der Waals surface area contributed by atoms with Gasteiger partial charge in [-0.25, -0.2) is 0 Å². The molecule has 0 radical (unpaired) electrons. The van der Waals surface area contributed by atoms with E-state index in [2.05, 4.69) is 51.5 Å². The lowest BCUT2D eigenvalue weighted by Gasteiger charge is -2.32. The van der Waals surface area contributed by atoms with Crippen LogP contribution in [0, 0.1) is 0 Å². The zero-order valence-electron chi connectivity index (χ0n) is 21.8. The van der Waals surface area contributed by atoms with Gasteiger partial charge in [0.15, 0.2) is 0 Å². The number of ether oxygens (including phenoxy) is 1. The third-order valence-electron chi connectivity index (χ3n) is 7.34. The van der Waals surface area contributed by atoms with Crippen LogP contribution in [-0.2, 0) is 13.1 Å². The van der Waals surface area contributed by atoms with Crippen molar-refractivity contribution in [3.8, 4) is 5.75 Å². The smallest absolute Gasteiger partial charge is 0.251 e. The van der Waals surface area contributed by atoms with Crippen LogP contribution in [0.3, 0.4) is 0 Å². The first-order chi connectivity index (χ1) is 17.1. The first kappa shape index (κ1) is 32.2. The Hall–Kier alpha value is -2.06. The van der Waals surface area contributed by atoms with Gasteiger partial charge in [-0.3, -0.25) is 14.6 Å². The van der Waals surface area contributed by atoms with Gasteiger partial charge in [0.1, 0.15) is 5.75 Å². The molecule has 38 heavy (non-hydrogen) atoms. The van der Waals surface area contributed by atoms with E-state index in [1.165, 1.54) is 21.9 Å². The van der Waals surface area contributed by atoms with Crippen LogP contribution in [0.2, 0.25) is 0 Å². The predicted octanol–water partition coefficient (Wildman–Crippen LogP) is 5.04. The van der Waals surface area contributed by atoms with Crippen molar-refractivity contribution in [1.82, 2.24) is 15.1 Å². The molecule has 2 fully saturated rings. The standard InChI is InChI=1S/C29H36N4O2.3ClH/c1-35-28-4-2-3-24(17-28)29(34)31-27-10-13-32(14-11-27)18-21-5-7-23-8-6-22(16-25(23)15-21)19-33-12-9-26(30)20-33;;;/h2-8,15-17,26-27H,9-14,18-20,30H2,1H3,(H,31,34);3*1H. The summed E-state index contributed by atoms with van der Waals surface area (Å²) in [5.41, 5.74) is 9.43. The first-order valence-electron chi connectivity index (χ1n) is 12.7. The van der Waals surface area contributed by atoms with E-state index >= 15 is 0 Å². The minimum atomic E-state index is -0.0244. The van der Waals surface area contributed by atoms with Crippen LogP contribution in [0.25, 0.3) is 10.8 Å². The minimum absolute atomic E-state index is 0. The Morgan fingerprint density at radius 2 is 1.50 bits per heavy atom. The quantitative estimate of drug-likeness (QED) is 0.409. The van der Waals surface area contributed by atoms with E-state index < -0.39 is 0 Å². The van der Waals surface area contributed by atoms with E-state index in [0.717, 1.165) is 58.5 Å². The zero-order valence-corrected chi connectivity index (χ0v) is 24.3. The molecule has 2 aliphatic heterocycles. The Labute approximate surface area is 244 Å². The Kier molecular flexibility index (Phi) is 12.6. The highest BCUT2D eigenvalue weighted by atomic mass is 35.5. The lowest BCUT2D eigenvalue weighted by molar-refractivity contribution is 0.0908. The molecule has 0 bridgehead atoms. The van der Waals surface area contributed by atoms with Crippen LogP contribution in [0.4, 0.5) is 0 Å². The van der Waals surface area contributed by atoms with Crippen molar-refractivity contribution in [1.29, 1.82) is 0 Å². The fourth-order valence-electron chi connectivity index (χ4n) is 5.33. The number of rotatable bonds is 7. The molecule has 2 aliphatic rings. The van der Waals surface area contributed by atoms with E-state index in [-0.39, 0.29) is 49.2 Å². The molecule has 9 heteroatoms. The molecule has 3 aromatic rings. The van der Waals surface area contributed by atoms with Crippen LogP contribution >= 0.6 is 37.2 Å². The van der Waals surface area contributed by atoms with Crippen LogP contribution in [-0.4, -0.2) is 61.1 Å². The van der Waals surface area contributed by atoms with E-state index in [4.69, 9.17) is 10.5 Å². The second kappa shape index (κ2) is 14.9. The molecule has 6 nitrogen and oxygen atoms in total. The summed E-state index contributed by atoms with van der Waals surface area (Å²) < 4.78 is 5.24. The number of halogens is 3. The summed E-state index contributed by atoms with van der Waals surface area (Å²) >= 11 is 0. The van der Waals surface area contributed by atoms with Crippen LogP contribution in [0.15, 0.2) is 60.7 Å². The van der Waals surface area contributed by atoms with Gasteiger partial charge in [0, 0.05) is 56.9 Å². The van der Waals surface area contributed by atoms with E-state index in [1.807, 2.05) is 18.2 Å². The average molecular weight is 582 g/mol. The lowest BCUT2D eigenvalue weighted by Crippen LogP contribution is -2.44. The molecule has 0 spiro atoms. The number of carbonyl (C=O) groups excluding carboxylic acids is 1. The van der Waals surface area contributed by atoms with Gasteiger partial charge < -0.3 is 15.8 Å². The first-order valence-corrected chi connectivity index (χ1v) is 12.7. The fraction of sp³-hybridized carbons (Fsp3) is 0.414. The second-order valence-electron chi connectivity index (χ2n) is 10.1. The third-order valence-corrected chi connectivity index (χ3v) is 7.34. The van der Waals surface area contributed by atoms with Crippen molar-refractivity contribution < 1.29 is 9.53 Å². The van der Waals surface area contributed by atoms with E-state index in [0.29, 0.717) is 17.4 Å². The minimum Gasteiger partial charge on any atom is -0.497 e. The van der Waals surface area contributed by atoms with Gasteiger partial charge in [-0.2, -0.15) is 0 Å². The zero-order chi connectivity index (χ0) is 24.2. The number of methoxy groups -OCH3 is 1. The molecule has 208 valence electrons. The molecule has 3 aromatic carbocycles. The predicted molar refractivity (Wildman–Crippen MR) is 162 cm³/mol. The SMILES string of the molecule is COc1cccc(C(=O)NC2CCN(Cc3ccc4ccc(CN5CCC(N)C5)cc4c3)CC2)c1.Cl.Cl.Cl. The molecule has 0 saturated carbocycles. The summed E-state index contributed by atoms with van der Waals surface area (Å²) in [6, 6.07) is 21.5. The average Bonchev–Trinajstić information content (AvgIpc) is 3.29. The van der Waals surface area contributed by atoms with Crippen molar-refractivity contribution in [2.45, 2.75) is 44.4 Å². The van der Waals surface area contributed by atoms with Gasteiger partial charge in [0.05, 0.1) is 7.11 Å². The molecule has 1 unspecified atom stereocenters. The van der Waals surface area contributed by atoms with Gasteiger partial charge in [-0.05, 0) is 71.5 Å². The number of amides is 1. The number of nitrogens with two attached hydrogens (primary N) is 1. The Morgan fingerprint density at radius 3 is 2.11 bits per heavy atom. The molecule has 2 heterocycles. The Balaban J connectivity index is 0.00000169. The molecule has 2 saturated heterocycles. The second-order valence-corrected chi connectivity index (χ2v) is 10.1. The summed E-state index contributed by atoms with van der Waals surface area (Å²) in [6.45, 7) is 5.97. The number of fused-ring (bicyclic) bond motifs is 1. The molecule has 1 amide bonds. The monoisotopic (exact) mass is 580 g/mol. The van der Waals surface area contributed by atoms with Gasteiger partial charge in [0.25, 0.3) is 5.91 Å². The summed E-state index contributed by atoms with van der Waals surface area (Å²) in [7, 11) is 1.62. The van der Waals surface area contributed by atoms with Gasteiger partial charge >= 0.3 is 0 Å². The maximum Gasteiger partial charge on any atom is 0.251 e. The highest BCUT2D eigenvalue weighted by Gasteiger charge is 2.22. The van der Waals surface area contributed by atoms with E-state index in [1.54, 1.807) is 13.2 Å². The van der Waals surface area contributed by atoms with Crippen molar-refractivity contribution in [2.24, 2.45) is 5.73 Å². The van der Waals surface area contributed by atoms with Crippen molar-refractivity contribution >= 4 is 53.9 Å². The lowest BCUT2D eigenvalue weighted by atomic mass is 10.0. The van der Waals surface area contributed by atoms with Gasteiger partial charge in [0.2, 0.25) is 0 Å². The highest BCUT2D eigenvalue weighted by Crippen LogP contribution is 2.22. The van der Waals surface area contributed by atoms with Crippen molar-refractivity contribution in [3.63, 3.8) is 0 Å². The molecular formula is C29H39Cl3N4O2. The largest absolute Gasteiger partial charge is 0.497 e. The Morgan fingerprint density at radius 1 is 0.868 bits per heavy atom. The topological polar surface area (TPSA) is 70.8 Å². The number of likely N-dealkylation sites (tertiary alicyclic amines) is 2. The number of hydrogen-bond donors (Lipinski definition) is 2. The van der Waals surface area contributed by atoms with E-state index in [9.17, 15) is 4.79 Å². The summed E-state index contributed by atoms with van der Waals surface area (Å²) in [4.78, 5) is 17.6. The summed E-state index contributed by atoms with van der Waals surface area (Å²) in [6.07, 6.45) is 3.02. The summed E-state index contributed by atoms with van der Waals surface area (Å²) in [5, 5.41) is 5.80. The third kappa shape index (κ3) is 8.22. The number of hydrogen-bond acceptors (Lipinski definition) is 5. The molecule has 0 aliphatic carbocycles. The van der Waals surface area contributed by atoms with Crippen molar-refractivity contribution in [2.75, 3.05) is 33.3 Å². The number of piperidine rings is 1. The number of nitrogens with zero attached hydrogens (tertiary/aromatic N) is 2. The number of benzene rings is 3. The number of nitrogens with one attached hydrogen (secondary N) is 1. The normalized spacial score (nSPS) is 18.2. The van der Waals surface area contributed by atoms with Crippen molar-refractivity contribution in [3.05, 3.63) is 77.4 Å². The molecule has 5 rings (SSSR count). The maximum absolute atomic E-state index is 12.6. The van der Waals surface area contributed by atoms with Crippen LogP contribution in [0.5, 0.6) is 5.75 Å². The maximum atomic E-state index is 12.6. The highest BCUT2D eigenvalue weighted by molar-refractivity contribution is 5.94. The van der Waals surface area contributed by atoms with Gasteiger partial charge in [-0.1, -0.05) is 30.3 Å². The van der Waals surface area contributed by atoms with Gasteiger partial charge in [-0.15, -0.1) is 37.2 Å². The molecule has 1 atom stereocenters. The summed E-state index contributed by atoms with van der Waals surface area (Å²) in [5.74, 6) is 0.679.